The Morgan fingerprint density at radius 3 is 2.34 bits per heavy atom. The molecule has 0 aliphatic rings. The number of imide groups is 1. The maximum absolute atomic E-state index is 13.6. The molecule has 1 heterocycles. The van der Waals surface area contributed by atoms with Crippen LogP contribution in [0.5, 0.6) is 0 Å². The number of aromatic nitrogens is 1. The summed E-state index contributed by atoms with van der Waals surface area (Å²) >= 11 is 11.9. The number of hydrogen-bond acceptors (Lipinski definition) is 8. The number of nitrogens with zero attached hydrogens (tertiary/aromatic N) is 4. The van der Waals surface area contributed by atoms with Crippen LogP contribution >= 0.6 is 34.5 Å². The van der Waals surface area contributed by atoms with E-state index in [1.54, 1.807) is 0 Å². The van der Waals surface area contributed by atoms with Crippen molar-refractivity contribution >= 4 is 69.4 Å². The Bertz CT molecular complexity index is 1450. The molecule has 0 unspecified atom stereocenters. The number of hydrazone groups is 1. The average molecular weight is 589 g/mol. The van der Waals surface area contributed by atoms with Gasteiger partial charge in [0, 0.05) is 24.7 Å². The van der Waals surface area contributed by atoms with E-state index < -0.39 is 44.6 Å². The van der Waals surface area contributed by atoms with Gasteiger partial charge in [0.25, 0.3) is 17.5 Å². The highest BCUT2D eigenvalue weighted by Gasteiger charge is 2.40. The monoisotopic (exact) mass is 588 g/mol. The zero-order valence-electron chi connectivity index (χ0n) is 18.7. The van der Waals surface area contributed by atoms with E-state index in [0.29, 0.717) is 10.5 Å². The van der Waals surface area contributed by atoms with E-state index in [0.717, 1.165) is 13.3 Å². The van der Waals surface area contributed by atoms with Crippen molar-refractivity contribution in [1.82, 2.24) is 15.7 Å². The Hall–Kier alpha value is -4.08. The smallest absolute Gasteiger partial charge is 0.273 e. The number of halogens is 5. The van der Waals surface area contributed by atoms with Crippen molar-refractivity contribution in [2.24, 2.45) is 5.10 Å². The Morgan fingerprint density at radius 2 is 1.76 bits per heavy atom. The maximum Gasteiger partial charge on any atom is 0.435 e. The number of non-ortho nitro benzene ring substituents is 1. The summed E-state index contributed by atoms with van der Waals surface area (Å²) < 4.78 is 40.7. The summed E-state index contributed by atoms with van der Waals surface area (Å²) in [5.41, 5.74) is 0.430. The molecule has 0 saturated carbocycles. The zero-order valence-corrected chi connectivity index (χ0v) is 21.1. The molecule has 0 bridgehead atoms. The van der Waals surface area contributed by atoms with Crippen molar-refractivity contribution in [1.29, 1.82) is 0 Å². The van der Waals surface area contributed by atoms with Gasteiger partial charge in [0.1, 0.15) is 4.88 Å². The first-order valence-corrected chi connectivity index (χ1v) is 11.5. The average Bonchev–Trinajstić information content (AvgIpc) is 3.32. The molecule has 0 aliphatic carbocycles. The number of carbonyl (C=O) groups is 3. The molecule has 0 spiro atoms. The molecule has 0 aliphatic heterocycles. The quantitative estimate of drug-likeness (QED) is 0.232. The molecule has 3 rings (SSSR count). The van der Waals surface area contributed by atoms with E-state index >= 15 is 0 Å². The molecule has 2 N–H and O–H groups in total. The first-order chi connectivity index (χ1) is 17.8. The van der Waals surface area contributed by atoms with E-state index in [4.69, 9.17) is 23.2 Å². The van der Waals surface area contributed by atoms with Crippen LogP contribution in [0.3, 0.4) is 0 Å². The lowest BCUT2D eigenvalue weighted by atomic mass is 10.2. The van der Waals surface area contributed by atoms with E-state index in [1.807, 2.05) is 10.7 Å². The Labute approximate surface area is 225 Å². The predicted octanol–water partition coefficient (Wildman–Crippen LogP) is 5.13. The Balaban J connectivity index is 1.76. The Morgan fingerprint density at radius 1 is 1.11 bits per heavy atom. The summed E-state index contributed by atoms with van der Waals surface area (Å²) in [6.07, 6.45) is -4.00. The third kappa shape index (κ3) is 6.81. The highest BCUT2D eigenvalue weighted by Crippen LogP contribution is 2.37. The normalized spacial score (nSPS) is 11.3. The summed E-state index contributed by atoms with van der Waals surface area (Å²) in [5.74, 6) is -2.19. The lowest BCUT2D eigenvalue weighted by molar-refractivity contribution is -0.384. The van der Waals surface area contributed by atoms with Gasteiger partial charge in [0.15, 0.2) is 10.8 Å². The van der Waals surface area contributed by atoms with Crippen molar-refractivity contribution in [2.45, 2.75) is 6.18 Å². The van der Waals surface area contributed by atoms with E-state index in [-0.39, 0.29) is 32.6 Å². The first-order valence-electron chi connectivity index (χ1n) is 9.98. The predicted molar refractivity (Wildman–Crippen MR) is 133 cm³/mol. The second-order valence-corrected chi connectivity index (χ2v) is 8.96. The molecule has 198 valence electrons. The summed E-state index contributed by atoms with van der Waals surface area (Å²) in [6.45, 7) is 0. The number of thiazole rings is 1. The van der Waals surface area contributed by atoms with Gasteiger partial charge in [0.2, 0.25) is 0 Å². The number of rotatable bonds is 6. The number of carbonyl (C=O) groups excluding carboxylic acids is 3. The maximum atomic E-state index is 13.6. The van der Waals surface area contributed by atoms with Crippen molar-refractivity contribution in [2.75, 3.05) is 11.9 Å². The molecule has 0 radical (unpaired) electrons. The SMILES string of the molecule is CN(C(=O)NC(=O)c1ccc(Cl)c(Cl)c1)c1nc(C(F)(F)F)c(C(=O)N/N=C/c2ccc([N+](=O)[O-])cc2)s1. The second kappa shape index (κ2) is 11.5. The third-order valence-electron chi connectivity index (χ3n) is 4.57. The zero-order chi connectivity index (χ0) is 28.2. The second-order valence-electron chi connectivity index (χ2n) is 7.17. The van der Waals surface area contributed by atoms with Gasteiger partial charge in [-0.1, -0.05) is 34.5 Å². The van der Waals surface area contributed by atoms with Gasteiger partial charge in [0.05, 0.1) is 21.2 Å². The molecular weight excluding hydrogens is 576 g/mol. The summed E-state index contributed by atoms with van der Waals surface area (Å²) in [6, 6.07) is 7.63. The molecule has 2 aromatic carbocycles. The molecule has 38 heavy (non-hydrogen) atoms. The number of benzene rings is 2. The minimum absolute atomic E-state index is 0.0396. The molecular formula is C21H13Cl2F3N6O5S. The largest absolute Gasteiger partial charge is 0.435 e. The van der Waals surface area contributed by atoms with E-state index in [1.165, 1.54) is 42.5 Å². The molecule has 4 amide bonds. The highest BCUT2D eigenvalue weighted by atomic mass is 35.5. The standard InChI is InChI=1S/C21H13Cl2F3N6O5S/c1-31(19(35)29-17(33)11-4-7-13(22)14(23)8-11)20-28-16(21(24,25)26)15(38-20)18(34)30-27-9-10-2-5-12(6-3-10)32(36)37/h2-9H,1H3,(H,30,34)(H,29,33,35)/b27-9+. The van der Waals surface area contributed by atoms with Crippen LogP contribution in [0.25, 0.3) is 0 Å². The number of nitrogens with one attached hydrogen (secondary N) is 2. The fourth-order valence-corrected chi connectivity index (χ4v) is 3.91. The first kappa shape index (κ1) is 28.5. The summed E-state index contributed by atoms with van der Waals surface area (Å²) in [4.78, 5) is 50.3. The fourth-order valence-electron chi connectivity index (χ4n) is 2.67. The van der Waals surface area contributed by atoms with Crippen LogP contribution in [0.4, 0.5) is 28.8 Å². The van der Waals surface area contributed by atoms with E-state index in [2.05, 4.69) is 10.1 Å². The molecule has 0 fully saturated rings. The minimum atomic E-state index is -5.06. The topological polar surface area (TPSA) is 147 Å². The van der Waals surface area contributed by atoms with Crippen LogP contribution in [0.15, 0.2) is 47.6 Å². The molecule has 0 atom stereocenters. The number of urea groups is 1. The molecule has 1 aromatic heterocycles. The van der Waals surface area contributed by atoms with Gasteiger partial charge in [-0.05, 0) is 35.9 Å². The van der Waals surface area contributed by atoms with Gasteiger partial charge < -0.3 is 0 Å². The van der Waals surface area contributed by atoms with Crippen LogP contribution in [-0.4, -0.2) is 41.0 Å². The van der Waals surface area contributed by atoms with Gasteiger partial charge in [-0.2, -0.15) is 18.3 Å². The van der Waals surface area contributed by atoms with Crippen LogP contribution < -0.4 is 15.6 Å². The van der Waals surface area contributed by atoms with Crippen LogP contribution in [0, 0.1) is 10.1 Å². The minimum Gasteiger partial charge on any atom is -0.273 e. The van der Waals surface area contributed by atoms with Crippen LogP contribution in [0.1, 0.15) is 31.3 Å². The summed E-state index contributed by atoms with van der Waals surface area (Å²) in [7, 11) is 1.05. The molecule has 11 nitrogen and oxygen atoms in total. The van der Waals surface area contributed by atoms with Gasteiger partial charge >= 0.3 is 12.2 Å². The van der Waals surface area contributed by atoms with Crippen molar-refractivity contribution < 1.29 is 32.5 Å². The Kier molecular flexibility index (Phi) is 8.65. The van der Waals surface area contributed by atoms with Crippen molar-refractivity contribution in [3.8, 4) is 0 Å². The fraction of sp³-hybridized carbons (Fsp3) is 0.0952. The van der Waals surface area contributed by atoms with E-state index in [9.17, 15) is 37.7 Å². The molecule has 17 heteroatoms. The summed E-state index contributed by atoms with van der Waals surface area (Å²) in [5, 5.41) is 15.9. The van der Waals surface area contributed by atoms with Gasteiger partial charge in [-0.15, -0.1) is 0 Å². The number of anilines is 1. The van der Waals surface area contributed by atoms with Crippen molar-refractivity contribution in [3.05, 3.63) is 84.3 Å². The van der Waals surface area contributed by atoms with Crippen LogP contribution in [0.2, 0.25) is 10.0 Å². The number of nitro groups is 1. The lowest BCUT2D eigenvalue weighted by Crippen LogP contribution is -2.40. The molecule has 3 aromatic rings. The lowest BCUT2D eigenvalue weighted by Gasteiger charge is -2.14. The van der Waals surface area contributed by atoms with Gasteiger partial charge in [-0.3, -0.25) is 29.9 Å². The number of amides is 4. The third-order valence-corrected chi connectivity index (χ3v) is 6.44. The highest BCUT2D eigenvalue weighted by molar-refractivity contribution is 7.17. The van der Waals surface area contributed by atoms with Crippen molar-refractivity contribution in [3.63, 3.8) is 0 Å². The van der Waals surface area contributed by atoms with Gasteiger partial charge in [-0.25, -0.2) is 15.2 Å². The van der Waals surface area contributed by atoms with Crippen LogP contribution in [-0.2, 0) is 6.18 Å². The number of nitro benzene ring substituents is 1. The molecule has 0 saturated heterocycles. The number of hydrogen-bond donors (Lipinski definition) is 2. The number of alkyl halides is 3.